The van der Waals surface area contributed by atoms with Crippen molar-refractivity contribution in [1.82, 2.24) is 5.32 Å². The van der Waals surface area contributed by atoms with Gasteiger partial charge in [0, 0.05) is 24.1 Å². The predicted molar refractivity (Wildman–Crippen MR) is 110 cm³/mol. The van der Waals surface area contributed by atoms with Crippen LogP contribution in [0.5, 0.6) is 5.75 Å². The van der Waals surface area contributed by atoms with Crippen LogP contribution in [0.2, 0.25) is 0 Å². The molecule has 0 atom stereocenters. The van der Waals surface area contributed by atoms with E-state index in [1.807, 2.05) is 54.6 Å². The molecule has 28 heavy (non-hydrogen) atoms. The van der Waals surface area contributed by atoms with Crippen LogP contribution in [0.4, 0.5) is 5.69 Å². The van der Waals surface area contributed by atoms with Crippen molar-refractivity contribution >= 4 is 17.5 Å². The van der Waals surface area contributed by atoms with E-state index in [0.717, 1.165) is 49.1 Å². The molecule has 0 spiro atoms. The van der Waals surface area contributed by atoms with E-state index in [9.17, 15) is 9.59 Å². The van der Waals surface area contributed by atoms with Gasteiger partial charge in [0.25, 0.3) is 0 Å². The lowest BCUT2D eigenvalue weighted by Gasteiger charge is -2.27. The van der Waals surface area contributed by atoms with Gasteiger partial charge in [-0.15, -0.1) is 0 Å². The Hall–Kier alpha value is -2.82. The zero-order valence-corrected chi connectivity index (χ0v) is 16.3. The predicted octanol–water partition coefficient (Wildman–Crippen LogP) is 3.80. The zero-order valence-electron chi connectivity index (χ0n) is 16.3. The first kappa shape index (κ1) is 19.9. The molecular formula is C23H28N2O3. The van der Waals surface area contributed by atoms with Crippen molar-refractivity contribution < 1.29 is 14.3 Å². The van der Waals surface area contributed by atoms with Crippen LogP contribution >= 0.6 is 0 Å². The van der Waals surface area contributed by atoms with Gasteiger partial charge in [-0.3, -0.25) is 9.59 Å². The Morgan fingerprint density at radius 3 is 2.29 bits per heavy atom. The van der Waals surface area contributed by atoms with E-state index in [1.54, 1.807) is 7.11 Å². The van der Waals surface area contributed by atoms with Gasteiger partial charge in [-0.25, -0.2) is 0 Å². The summed E-state index contributed by atoms with van der Waals surface area (Å²) >= 11 is 0. The molecule has 0 radical (unpaired) electrons. The van der Waals surface area contributed by atoms with Crippen molar-refractivity contribution in [1.29, 1.82) is 0 Å². The van der Waals surface area contributed by atoms with E-state index in [0.29, 0.717) is 6.54 Å². The molecular weight excluding hydrogens is 352 g/mol. The normalized spacial score (nSPS) is 18.9. The minimum atomic E-state index is -0.0129. The van der Waals surface area contributed by atoms with Crippen LogP contribution in [0.1, 0.15) is 31.2 Å². The Morgan fingerprint density at radius 2 is 1.61 bits per heavy atom. The Labute approximate surface area is 166 Å². The van der Waals surface area contributed by atoms with Crippen molar-refractivity contribution in [3.05, 3.63) is 60.2 Å². The zero-order chi connectivity index (χ0) is 19.8. The Balaban J connectivity index is 1.39. The molecule has 2 amide bonds. The lowest BCUT2D eigenvalue weighted by molar-refractivity contribution is -0.128. The molecule has 5 nitrogen and oxygen atoms in total. The summed E-state index contributed by atoms with van der Waals surface area (Å²) in [7, 11) is 1.65. The van der Waals surface area contributed by atoms with E-state index >= 15 is 0 Å². The number of hydrogen-bond acceptors (Lipinski definition) is 3. The molecule has 0 aromatic heterocycles. The van der Waals surface area contributed by atoms with Crippen LogP contribution in [0.3, 0.4) is 0 Å². The maximum Gasteiger partial charge on any atom is 0.227 e. The number of methoxy groups -OCH3 is 1. The van der Waals surface area contributed by atoms with Crippen molar-refractivity contribution in [3.63, 3.8) is 0 Å². The first-order chi connectivity index (χ1) is 13.7. The first-order valence-corrected chi connectivity index (χ1v) is 9.92. The van der Waals surface area contributed by atoms with E-state index in [2.05, 4.69) is 10.6 Å². The van der Waals surface area contributed by atoms with Gasteiger partial charge < -0.3 is 15.4 Å². The second-order valence-corrected chi connectivity index (χ2v) is 7.30. The fourth-order valence-corrected chi connectivity index (χ4v) is 3.69. The minimum absolute atomic E-state index is 0.00563. The molecule has 5 heteroatoms. The Bertz CT molecular complexity index is 783. The quantitative estimate of drug-likeness (QED) is 0.768. The monoisotopic (exact) mass is 380 g/mol. The minimum Gasteiger partial charge on any atom is -0.497 e. The summed E-state index contributed by atoms with van der Waals surface area (Å²) < 4.78 is 5.22. The molecule has 2 aromatic carbocycles. The molecule has 0 unspecified atom stereocenters. The summed E-state index contributed by atoms with van der Waals surface area (Å²) in [5.41, 5.74) is 1.96. The number of carbonyl (C=O) groups is 2. The fraction of sp³-hybridized carbons (Fsp3) is 0.391. The van der Waals surface area contributed by atoms with Crippen LogP contribution in [0, 0.1) is 11.8 Å². The van der Waals surface area contributed by atoms with Gasteiger partial charge in [0.05, 0.1) is 7.11 Å². The van der Waals surface area contributed by atoms with Gasteiger partial charge in [-0.1, -0.05) is 30.3 Å². The van der Waals surface area contributed by atoms with Gasteiger partial charge in [0.15, 0.2) is 0 Å². The standard InChI is InChI=1S/C23H28N2O3/c1-28-21-9-5-6-17(16-21)14-15-24-22(26)18-10-12-19(13-11-18)23(27)25-20-7-3-2-4-8-20/h2-9,16,18-19H,10-15H2,1H3,(H,24,26)(H,25,27). The molecule has 1 fully saturated rings. The summed E-state index contributed by atoms with van der Waals surface area (Å²) in [6.45, 7) is 0.612. The van der Waals surface area contributed by atoms with Crippen LogP contribution in [-0.4, -0.2) is 25.5 Å². The van der Waals surface area contributed by atoms with Crippen molar-refractivity contribution in [2.24, 2.45) is 11.8 Å². The Kier molecular flexibility index (Phi) is 7.06. The smallest absolute Gasteiger partial charge is 0.227 e. The van der Waals surface area contributed by atoms with E-state index in [4.69, 9.17) is 4.74 Å². The average molecular weight is 380 g/mol. The number of carbonyl (C=O) groups excluding carboxylic acids is 2. The maximum atomic E-state index is 12.4. The molecule has 2 N–H and O–H groups in total. The SMILES string of the molecule is COc1cccc(CCNC(=O)C2CCC(C(=O)Nc3ccccc3)CC2)c1. The third-order valence-corrected chi connectivity index (χ3v) is 5.36. The third-order valence-electron chi connectivity index (χ3n) is 5.36. The number of ether oxygens (including phenoxy) is 1. The lowest BCUT2D eigenvalue weighted by atomic mass is 9.81. The molecule has 1 aliphatic rings. The molecule has 0 aliphatic heterocycles. The molecule has 0 saturated heterocycles. The highest BCUT2D eigenvalue weighted by Crippen LogP contribution is 2.30. The highest BCUT2D eigenvalue weighted by molar-refractivity contribution is 5.92. The molecule has 0 bridgehead atoms. The molecule has 0 heterocycles. The van der Waals surface area contributed by atoms with Crippen LogP contribution < -0.4 is 15.4 Å². The number of anilines is 1. The van der Waals surface area contributed by atoms with E-state index < -0.39 is 0 Å². The van der Waals surface area contributed by atoms with Crippen molar-refractivity contribution in [2.75, 3.05) is 19.0 Å². The summed E-state index contributed by atoms with van der Waals surface area (Å²) in [4.78, 5) is 24.8. The number of rotatable bonds is 7. The molecule has 1 aliphatic carbocycles. The lowest BCUT2D eigenvalue weighted by Crippen LogP contribution is -2.36. The Morgan fingerprint density at radius 1 is 0.929 bits per heavy atom. The second kappa shape index (κ2) is 9.93. The maximum absolute atomic E-state index is 12.4. The largest absolute Gasteiger partial charge is 0.497 e. The van der Waals surface area contributed by atoms with Crippen molar-refractivity contribution in [2.45, 2.75) is 32.1 Å². The van der Waals surface area contributed by atoms with E-state index in [-0.39, 0.29) is 23.7 Å². The number of benzene rings is 2. The number of amides is 2. The second-order valence-electron chi connectivity index (χ2n) is 7.30. The molecule has 3 rings (SSSR count). The average Bonchev–Trinajstić information content (AvgIpc) is 2.74. The topological polar surface area (TPSA) is 67.4 Å². The molecule has 148 valence electrons. The van der Waals surface area contributed by atoms with Gasteiger partial charge >= 0.3 is 0 Å². The molecule has 2 aromatic rings. The number of nitrogens with one attached hydrogen (secondary N) is 2. The highest BCUT2D eigenvalue weighted by Gasteiger charge is 2.29. The van der Waals surface area contributed by atoms with Gasteiger partial charge in [0.2, 0.25) is 11.8 Å². The van der Waals surface area contributed by atoms with E-state index in [1.165, 1.54) is 0 Å². The van der Waals surface area contributed by atoms with Crippen LogP contribution in [0.15, 0.2) is 54.6 Å². The van der Waals surface area contributed by atoms with Gasteiger partial charge in [0.1, 0.15) is 5.75 Å². The highest BCUT2D eigenvalue weighted by atomic mass is 16.5. The summed E-state index contributed by atoms with van der Waals surface area (Å²) in [5.74, 6) is 0.982. The van der Waals surface area contributed by atoms with Gasteiger partial charge in [-0.2, -0.15) is 0 Å². The van der Waals surface area contributed by atoms with Crippen LogP contribution in [-0.2, 0) is 16.0 Å². The summed E-state index contributed by atoms with van der Waals surface area (Å²) in [6, 6.07) is 17.4. The third kappa shape index (κ3) is 5.59. The number of para-hydroxylation sites is 1. The van der Waals surface area contributed by atoms with Gasteiger partial charge in [-0.05, 0) is 61.9 Å². The van der Waals surface area contributed by atoms with Crippen LogP contribution in [0.25, 0.3) is 0 Å². The molecule has 1 saturated carbocycles. The summed E-state index contributed by atoms with van der Waals surface area (Å²) in [5, 5.41) is 6.01. The first-order valence-electron chi connectivity index (χ1n) is 9.92. The van der Waals surface area contributed by atoms with Crippen molar-refractivity contribution in [3.8, 4) is 5.75 Å². The fourth-order valence-electron chi connectivity index (χ4n) is 3.69. The summed E-state index contributed by atoms with van der Waals surface area (Å²) in [6.07, 6.45) is 3.81. The number of hydrogen-bond donors (Lipinski definition) is 2.